The summed E-state index contributed by atoms with van der Waals surface area (Å²) in [6, 6.07) is 7.89. The van der Waals surface area contributed by atoms with Crippen molar-refractivity contribution >= 4 is 28.3 Å². The van der Waals surface area contributed by atoms with Crippen molar-refractivity contribution in [2.75, 3.05) is 5.32 Å². The number of aliphatic carboxylic acids is 1. The number of nitrogens with one attached hydrogen (secondary N) is 1. The first-order valence-electron chi connectivity index (χ1n) is 5.79. The van der Waals surface area contributed by atoms with E-state index in [1.807, 2.05) is 36.6 Å². The van der Waals surface area contributed by atoms with Gasteiger partial charge in [-0.05, 0) is 6.92 Å². The number of amides is 1. The van der Waals surface area contributed by atoms with Crippen LogP contribution >= 0.6 is 11.3 Å². The fourth-order valence-corrected chi connectivity index (χ4v) is 2.20. The third-order valence-corrected chi connectivity index (χ3v) is 3.22. The van der Waals surface area contributed by atoms with Crippen LogP contribution in [0.25, 0.3) is 11.3 Å². The summed E-state index contributed by atoms with van der Waals surface area (Å²) in [7, 11) is 0. The number of benzene rings is 1. The van der Waals surface area contributed by atoms with Crippen LogP contribution in [0.2, 0.25) is 0 Å². The number of anilines is 1. The van der Waals surface area contributed by atoms with Gasteiger partial charge in [-0.2, -0.15) is 0 Å². The Morgan fingerprint density at radius 2 is 1.95 bits per heavy atom. The van der Waals surface area contributed by atoms with Crippen LogP contribution in [-0.4, -0.2) is 22.0 Å². The van der Waals surface area contributed by atoms with E-state index in [1.165, 1.54) is 11.3 Å². The van der Waals surface area contributed by atoms with Crippen LogP contribution in [0.4, 0.5) is 5.13 Å². The van der Waals surface area contributed by atoms with Crippen LogP contribution in [0.1, 0.15) is 5.56 Å². The molecule has 1 heterocycles. The molecule has 2 rings (SSSR count). The van der Waals surface area contributed by atoms with E-state index in [1.54, 1.807) is 0 Å². The monoisotopic (exact) mass is 288 g/mol. The molecule has 2 aromatic rings. The number of thiazole rings is 1. The second-order valence-corrected chi connectivity index (χ2v) is 4.92. The Kier molecular flexibility index (Phi) is 4.27. The molecule has 0 aliphatic carbocycles. The minimum Gasteiger partial charge on any atom is -0.478 e. The summed E-state index contributed by atoms with van der Waals surface area (Å²) in [6.07, 6.45) is 1.74. The first-order chi connectivity index (χ1) is 9.54. The van der Waals surface area contributed by atoms with Gasteiger partial charge in [0.05, 0.1) is 5.69 Å². The van der Waals surface area contributed by atoms with E-state index >= 15 is 0 Å². The Morgan fingerprint density at radius 1 is 1.25 bits per heavy atom. The third kappa shape index (κ3) is 3.76. The quantitative estimate of drug-likeness (QED) is 0.848. The molecule has 0 aliphatic heterocycles. The highest BCUT2D eigenvalue weighted by atomic mass is 32.1. The largest absolute Gasteiger partial charge is 0.478 e. The Balaban J connectivity index is 2.07. The second-order valence-electron chi connectivity index (χ2n) is 4.06. The molecule has 1 aromatic carbocycles. The molecule has 5 nitrogen and oxygen atoms in total. The predicted octanol–water partition coefficient (Wildman–Crippen LogP) is 2.70. The fraction of sp³-hybridized carbons (Fsp3) is 0.0714. The molecule has 0 unspecified atom stereocenters. The lowest BCUT2D eigenvalue weighted by Crippen LogP contribution is -2.08. The summed E-state index contributed by atoms with van der Waals surface area (Å²) in [5.74, 6) is -1.68. The maximum atomic E-state index is 11.4. The SMILES string of the molecule is Cc1ccc(-c2csc(NC(=O)/C=C\C(=O)O)n2)cc1. The molecule has 2 N–H and O–H groups in total. The average Bonchev–Trinajstić information content (AvgIpc) is 2.85. The van der Waals surface area contributed by atoms with E-state index in [-0.39, 0.29) is 0 Å². The summed E-state index contributed by atoms with van der Waals surface area (Å²) < 4.78 is 0. The van der Waals surface area contributed by atoms with Crippen LogP contribution in [0, 0.1) is 6.92 Å². The zero-order valence-corrected chi connectivity index (χ0v) is 11.5. The van der Waals surface area contributed by atoms with Gasteiger partial charge in [0.1, 0.15) is 0 Å². The van der Waals surface area contributed by atoms with Gasteiger partial charge < -0.3 is 5.11 Å². The molecule has 0 bridgehead atoms. The molecule has 0 radical (unpaired) electrons. The number of aromatic nitrogens is 1. The number of hydrogen-bond donors (Lipinski definition) is 2. The van der Waals surface area contributed by atoms with Gasteiger partial charge >= 0.3 is 5.97 Å². The molecule has 0 fully saturated rings. The van der Waals surface area contributed by atoms with Crippen LogP contribution in [0.15, 0.2) is 41.8 Å². The minimum atomic E-state index is -1.17. The molecule has 0 spiro atoms. The van der Waals surface area contributed by atoms with Crippen molar-refractivity contribution in [3.05, 3.63) is 47.4 Å². The standard InChI is InChI=1S/C14H12N2O3S/c1-9-2-4-10(5-3-9)11-8-20-14(15-11)16-12(17)6-7-13(18)19/h2-8H,1H3,(H,18,19)(H,15,16,17)/b7-6-. The summed E-state index contributed by atoms with van der Waals surface area (Å²) >= 11 is 1.29. The van der Waals surface area contributed by atoms with Crippen LogP contribution in [0.5, 0.6) is 0 Å². The average molecular weight is 288 g/mol. The van der Waals surface area contributed by atoms with Crippen molar-refractivity contribution in [3.63, 3.8) is 0 Å². The summed E-state index contributed by atoms with van der Waals surface area (Å²) in [6.45, 7) is 2.01. The van der Waals surface area contributed by atoms with Gasteiger partial charge in [-0.25, -0.2) is 9.78 Å². The molecule has 102 valence electrons. The van der Waals surface area contributed by atoms with E-state index in [4.69, 9.17) is 5.11 Å². The van der Waals surface area contributed by atoms with Gasteiger partial charge in [-0.1, -0.05) is 29.8 Å². The number of carboxylic acid groups (broad SMARTS) is 1. The van der Waals surface area contributed by atoms with Crippen LogP contribution in [0.3, 0.4) is 0 Å². The topological polar surface area (TPSA) is 79.3 Å². The number of aryl methyl sites for hydroxylation is 1. The van der Waals surface area contributed by atoms with E-state index in [0.717, 1.165) is 29.0 Å². The molecule has 0 atom stereocenters. The van der Waals surface area contributed by atoms with Crippen molar-refractivity contribution in [2.45, 2.75) is 6.92 Å². The number of hydrogen-bond acceptors (Lipinski definition) is 4. The summed E-state index contributed by atoms with van der Waals surface area (Å²) in [5, 5.41) is 13.2. The van der Waals surface area contributed by atoms with E-state index < -0.39 is 11.9 Å². The Hall–Kier alpha value is -2.47. The Morgan fingerprint density at radius 3 is 2.60 bits per heavy atom. The molecule has 1 aromatic heterocycles. The molecule has 6 heteroatoms. The maximum absolute atomic E-state index is 11.4. The van der Waals surface area contributed by atoms with E-state index in [2.05, 4.69) is 10.3 Å². The highest BCUT2D eigenvalue weighted by Gasteiger charge is 2.06. The highest BCUT2D eigenvalue weighted by Crippen LogP contribution is 2.24. The number of carbonyl (C=O) groups is 2. The summed E-state index contributed by atoms with van der Waals surface area (Å²) in [4.78, 5) is 26.0. The molecule has 0 saturated heterocycles. The maximum Gasteiger partial charge on any atom is 0.328 e. The Bertz CT molecular complexity index is 659. The zero-order chi connectivity index (χ0) is 14.5. The van der Waals surface area contributed by atoms with Crippen molar-refractivity contribution in [2.24, 2.45) is 0 Å². The molecule has 0 saturated carbocycles. The number of nitrogens with zero attached hydrogens (tertiary/aromatic N) is 1. The van der Waals surface area contributed by atoms with Gasteiger partial charge in [-0.3, -0.25) is 10.1 Å². The number of carboxylic acids is 1. The van der Waals surface area contributed by atoms with E-state index in [0.29, 0.717) is 5.13 Å². The van der Waals surface area contributed by atoms with Gasteiger partial charge in [0, 0.05) is 23.1 Å². The molecule has 20 heavy (non-hydrogen) atoms. The fourth-order valence-electron chi connectivity index (χ4n) is 1.48. The minimum absolute atomic E-state index is 0.431. The smallest absolute Gasteiger partial charge is 0.328 e. The lowest BCUT2D eigenvalue weighted by molar-refractivity contribution is -0.131. The molecular weight excluding hydrogens is 276 g/mol. The zero-order valence-electron chi connectivity index (χ0n) is 10.7. The Labute approximate surface area is 119 Å². The van der Waals surface area contributed by atoms with Crippen molar-refractivity contribution in [1.82, 2.24) is 4.98 Å². The van der Waals surface area contributed by atoms with Crippen LogP contribution in [-0.2, 0) is 9.59 Å². The summed E-state index contributed by atoms with van der Waals surface area (Å²) in [5.41, 5.74) is 2.90. The van der Waals surface area contributed by atoms with Crippen molar-refractivity contribution in [3.8, 4) is 11.3 Å². The molecular formula is C14H12N2O3S. The first kappa shape index (κ1) is 14.0. The predicted molar refractivity (Wildman–Crippen MR) is 77.7 cm³/mol. The molecule has 1 amide bonds. The van der Waals surface area contributed by atoms with Crippen LogP contribution < -0.4 is 5.32 Å². The first-order valence-corrected chi connectivity index (χ1v) is 6.67. The van der Waals surface area contributed by atoms with Crippen molar-refractivity contribution < 1.29 is 14.7 Å². The number of rotatable bonds is 4. The normalized spacial score (nSPS) is 10.7. The van der Waals surface area contributed by atoms with Crippen molar-refractivity contribution in [1.29, 1.82) is 0 Å². The van der Waals surface area contributed by atoms with Gasteiger partial charge in [-0.15, -0.1) is 11.3 Å². The second kappa shape index (κ2) is 6.12. The van der Waals surface area contributed by atoms with Gasteiger partial charge in [0.15, 0.2) is 5.13 Å². The lowest BCUT2D eigenvalue weighted by Gasteiger charge is -1.97. The number of carbonyl (C=O) groups excluding carboxylic acids is 1. The van der Waals surface area contributed by atoms with Gasteiger partial charge in [0.25, 0.3) is 0 Å². The molecule has 0 aliphatic rings. The van der Waals surface area contributed by atoms with Gasteiger partial charge in [0.2, 0.25) is 5.91 Å². The highest BCUT2D eigenvalue weighted by molar-refractivity contribution is 7.14. The lowest BCUT2D eigenvalue weighted by atomic mass is 10.1. The van der Waals surface area contributed by atoms with E-state index in [9.17, 15) is 9.59 Å². The third-order valence-electron chi connectivity index (χ3n) is 2.46.